The molecule has 5 heterocycles. The van der Waals surface area contributed by atoms with E-state index in [4.69, 9.17) is 35.2 Å². The van der Waals surface area contributed by atoms with Crippen LogP contribution in [0.25, 0.3) is 53.8 Å². The van der Waals surface area contributed by atoms with Gasteiger partial charge in [0.2, 0.25) is 5.91 Å². The Labute approximate surface area is 318 Å². The molecule has 7 rings (SSSR count). The van der Waals surface area contributed by atoms with Crippen molar-refractivity contribution in [2.75, 3.05) is 27.3 Å². The number of rotatable bonds is 14. The van der Waals surface area contributed by atoms with Gasteiger partial charge in [0.1, 0.15) is 33.7 Å². The number of aromatic amines is 2. The summed E-state index contributed by atoms with van der Waals surface area (Å²) in [6, 6.07) is 9.50. The number of hydrogen-bond acceptors (Lipinski definition) is 11. The number of nitrogens with one attached hydrogen (secondary N) is 4. The van der Waals surface area contributed by atoms with Crippen LogP contribution in [0.2, 0.25) is 0 Å². The number of aromatic nitrogens is 6. The van der Waals surface area contributed by atoms with Crippen molar-refractivity contribution in [3.63, 3.8) is 0 Å². The number of nitrogens with zero attached hydrogens (tertiary/aromatic N) is 5. The van der Waals surface area contributed by atoms with Crippen LogP contribution in [-0.4, -0.2) is 86.2 Å². The number of amides is 2. The lowest BCUT2D eigenvalue weighted by atomic mass is 9.89. The maximum Gasteiger partial charge on any atom is 0.407 e. The summed E-state index contributed by atoms with van der Waals surface area (Å²) < 4.78 is 5.76. The van der Waals surface area contributed by atoms with Crippen LogP contribution in [0.15, 0.2) is 36.5 Å². The number of alkyl carbamates (subject to hydrolysis) is 1. The van der Waals surface area contributed by atoms with Crippen molar-refractivity contribution < 1.29 is 19.2 Å². The number of benzene rings is 2. The summed E-state index contributed by atoms with van der Waals surface area (Å²) in [5.74, 6) is 1.86. The molecule has 1 aliphatic rings. The van der Waals surface area contributed by atoms with E-state index in [2.05, 4.69) is 46.7 Å². The molecule has 2 amide bonds. The molecule has 0 aliphatic carbocycles. The minimum absolute atomic E-state index is 0.109. The summed E-state index contributed by atoms with van der Waals surface area (Å²) in [4.78, 5) is 60.1. The minimum Gasteiger partial charge on any atom is -0.453 e. The van der Waals surface area contributed by atoms with Crippen LogP contribution in [0.1, 0.15) is 83.4 Å². The van der Waals surface area contributed by atoms with E-state index in [1.165, 1.54) is 7.11 Å². The van der Waals surface area contributed by atoms with E-state index in [1.807, 2.05) is 43.1 Å². The number of methoxy groups -OCH3 is 1. The molecule has 0 radical (unpaired) electrons. The van der Waals surface area contributed by atoms with E-state index < -0.39 is 12.1 Å². The second-order valence-corrected chi connectivity index (χ2v) is 15.9. The summed E-state index contributed by atoms with van der Waals surface area (Å²) in [6.45, 7) is 9.41. The largest absolute Gasteiger partial charge is 0.453 e. The van der Waals surface area contributed by atoms with Gasteiger partial charge in [-0.1, -0.05) is 33.8 Å². The van der Waals surface area contributed by atoms with Gasteiger partial charge in [-0.25, -0.2) is 24.7 Å². The van der Waals surface area contributed by atoms with Gasteiger partial charge in [0.25, 0.3) is 0 Å². The topological polar surface area (TPSA) is 189 Å². The van der Waals surface area contributed by atoms with Gasteiger partial charge in [-0.2, -0.15) is 5.48 Å². The van der Waals surface area contributed by atoms with Gasteiger partial charge in [0.05, 0.1) is 47.2 Å². The Morgan fingerprint density at radius 1 is 1.04 bits per heavy atom. The highest BCUT2D eigenvalue weighted by molar-refractivity contribution is 7.22. The highest BCUT2D eigenvalue weighted by atomic mass is 32.1. The first-order valence-electron chi connectivity index (χ1n) is 18.8. The van der Waals surface area contributed by atoms with Gasteiger partial charge in [-0.3, -0.25) is 4.79 Å². The first-order chi connectivity index (χ1) is 26.1. The molecule has 1 saturated heterocycles. The first kappa shape index (κ1) is 37.6. The molecule has 15 heteroatoms. The summed E-state index contributed by atoms with van der Waals surface area (Å²) >= 11 is 1.58. The average molecular weight is 755 g/mol. The quantitative estimate of drug-likeness (QED) is 0.0749. The molecule has 2 aromatic carbocycles. The van der Waals surface area contributed by atoms with Gasteiger partial charge >= 0.3 is 6.09 Å². The molecule has 4 atom stereocenters. The highest BCUT2D eigenvalue weighted by Crippen LogP contribution is 2.38. The van der Waals surface area contributed by atoms with Crippen LogP contribution in [0.5, 0.6) is 0 Å². The van der Waals surface area contributed by atoms with Crippen molar-refractivity contribution in [3.8, 4) is 10.7 Å². The zero-order valence-corrected chi connectivity index (χ0v) is 32.5. The van der Waals surface area contributed by atoms with Crippen LogP contribution in [0.4, 0.5) is 4.79 Å². The summed E-state index contributed by atoms with van der Waals surface area (Å²) in [6.07, 6.45) is 5.65. The molecular weight excluding hydrogens is 705 g/mol. The third kappa shape index (κ3) is 7.37. The number of pyridine rings is 1. The molecule has 1 fully saturated rings. The molecular formula is C39H50N10O4S. The van der Waals surface area contributed by atoms with Crippen molar-refractivity contribution in [1.82, 2.24) is 45.6 Å². The van der Waals surface area contributed by atoms with E-state index in [1.54, 1.807) is 18.4 Å². The SMILES string of the molecule is CON[C@H](CC(CCCN)c1nc2ccc3cc(-c4nc5ccc6[nH]c([C@@H]7CCCN7C(=O)[C@@H](NC(=O)OC)C(C)C)nc6c5s4)[nH]cc3c2n1)C(C)C. The zero-order chi connectivity index (χ0) is 38.1. The molecule has 4 aromatic heterocycles. The van der Waals surface area contributed by atoms with Crippen LogP contribution in [0, 0.1) is 11.8 Å². The Hall–Kier alpha value is -4.70. The molecule has 286 valence electrons. The van der Waals surface area contributed by atoms with Crippen molar-refractivity contribution in [1.29, 1.82) is 0 Å². The molecule has 0 spiro atoms. The molecule has 14 nitrogen and oxygen atoms in total. The van der Waals surface area contributed by atoms with Gasteiger partial charge in [-0.15, -0.1) is 11.3 Å². The van der Waals surface area contributed by atoms with Gasteiger partial charge < -0.3 is 35.5 Å². The number of imidazole rings is 2. The molecule has 0 saturated carbocycles. The lowest BCUT2D eigenvalue weighted by Gasteiger charge is -2.29. The van der Waals surface area contributed by atoms with Crippen LogP contribution in [0.3, 0.4) is 0 Å². The van der Waals surface area contributed by atoms with E-state index >= 15 is 0 Å². The number of hydrogen-bond donors (Lipinski definition) is 5. The average Bonchev–Trinajstić information content (AvgIpc) is 3.98. The third-order valence-electron chi connectivity index (χ3n) is 10.6. The molecule has 1 aliphatic heterocycles. The number of nitrogens with two attached hydrogens (primary N) is 1. The fraction of sp³-hybridized carbons (Fsp3) is 0.487. The lowest BCUT2D eigenvalue weighted by Crippen LogP contribution is -2.51. The standard InChI is InChI=1S/C39H50N10O4S/c1-20(2)28(48-53-6)18-23(9-7-15-40)35-42-25-12-11-22-17-29(41-19-24(22)32(25)45-35)37-44-27-14-13-26-33(34(27)54-37)46-36(43-26)30-10-8-16-49(30)38(50)31(21(3)4)47-39(51)52-5/h11-14,17,19-21,23,28,30-31,41,48H,7-10,15-16,18,40H2,1-6H3,(H,43,46)(H,47,51)/t23?,28-,30+,31+/m1/s1. The molecule has 0 bridgehead atoms. The van der Waals surface area contributed by atoms with Gasteiger partial charge in [-0.05, 0) is 80.1 Å². The van der Waals surface area contributed by atoms with E-state index in [9.17, 15) is 9.59 Å². The Balaban J connectivity index is 1.17. The zero-order valence-electron chi connectivity index (χ0n) is 31.7. The number of carbonyl (C=O) groups excluding carboxylic acids is 2. The maximum absolute atomic E-state index is 13.7. The van der Waals surface area contributed by atoms with Crippen LogP contribution < -0.4 is 16.5 Å². The monoisotopic (exact) mass is 754 g/mol. The number of ether oxygens (including phenoxy) is 1. The Morgan fingerprint density at radius 2 is 1.85 bits per heavy atom. The molecule has 54 heavy (non-hydrogen) atoms. The number of fused-ring (bicyclic) bond motifs is 6. The molecule has 6 aromatic rings. The van der Waals surface area contributed by atoms with Crippen molar-refractivity contribution in [2.45, 2.75) is 83.8 Å². The van der Waals surface area contributed by atoms with Crippen LogP contribution in [-0.2, 0) is 14.4 Å². The second-order valence-electron chi connectivity index (χ2n) is 14.9. The second kappa shape index (κ2) is 16.0. The Kier molecular flexibility index (Phi) is 11.1. The summed E-state index contributed by atoms with van der Waals surface area (Å²) in [7, 11) is 2.96. The minimum atomic E-state index is -0.694. The maximum atomic E-state index is 13.7. The van der Waals surface area contributed by atoms with E-state index in [0.717, 1.165) is 97.5 Å². The number of likely N-dealkylation sites (tertiary alicyclic amines) is 1. The fourth-order valence-electron chi connectivity index (χ4n) is 7.59. The summed E-state index contributed by atoms with van der Waals surface area (Å²) in [5, 5.41) is 5.61. The van der Waals surface area contributed by atoms with Crippen LogP contribution >= 0.6 is 11.3 Å². The smallest absolute Gasteiger partial charge is 0.407 e. The van der Waals surface area contributed by atoms with E-state index in [-0.39, 0.29) is 29.8 Å². The van der Waals surface area contributed by atoms with Crippen molar-refractivity contribution >= 4 is 66.4 Å². The van der Waals surface area contributed by atoms with Gasteiger partial charge in [0.15, 0.2) is 0 Å². The predicted molar refractivity (Wildman–Crippen MR) is 212 cm³/mol. The first-order valence-corrected chi connectivity index (χ1v) is 19.6. The Morgan fingerprint density at radius 3 is 2.59 bits per heavy atom. The normalized spacial score (nSPS) is 16.7. The van der Waals surface area contributed by atoms with Crippen molar-refractivity contribution in [2.24, 2.45) is 17.6 Å². The highest BCUT2D eigenvalue weighted by Gasteiger charge is 2.37. The number of thiazole rings is 1. The van der Waals surface area contributed by atoms with E-state index in [0.29, 0.717) is 19.0 Å². The molecule has 6 N–H and O–H groups in total. The molecule has 1 unspecified atom stereocenters. The van der Waals surface area contributed by atoms with Gasteiger partial charge in [0, 0.05) is 30.1 Å². The fourth-order valence-corrected chi connectivity index (χ4v) is 8.62. The lowest BCUT2D eigenvalue weighted by molar-refractivity contribution is -0.135. The predicted octanol–water partition coefficient (Wildman–Crippen LogP) is 6.70. The van der Waals surface area contributed by atoms with Crippen molar-refractivity contribution in [3.05, 3.63) is 48.2 Å². The third-order valence-corrected chi connectivity index (χ3v) is 11.7. The Bertz CT molecular complexity index is 2280. The summed E-state index contributed by atoms with van der Waals surface area (Å²) in [5.41, 5.74) is 14.3. The number of carbonyl (C=O) groups is 2. The number of H-pyrrole nitrogens is 2. The number of hydroxylamine groups is 1.